The summed E-state index contributed by atoms with van der Waals surface area (Å²) in [4.78, 5) is 21.1. The zero-order valence-corrected chi connectivity index (χ0v) is 15.6. The Labute approximate surface area is 151 Å². The van der Waals surface area contributed by atoms with E-state index in [-0.39, 0.29) is 22.4 Å². The number of nitrogens with one attached hydrogen (secondary N) is 1. The second kappa shape index (κ2) is 9.91. The van der Waals surface area contributed by atoms with Gasteiger partial charge in [0.15, 0.2) is 0 Å². The zero-order valence-electron chi connectivity index (χ0n) is 13.7. The van der Waals surface area contributed by atoms with Gasteiger partial charge in [0.2, 0.25) is 0 Å². The summed E-state index contributed by atoms with van der Waals surface area (Å²) in [5.41, 5.74) is 1.32. The molecule has 10 heteroatoms. The molecular formula is C16H18AsNO8. The van der Waals surface area contributed by atoms with E-state index in [0.717, 1.165) is 0 Å². The summed E-state index contributed by atoms with van der Waals surface area (Å²) in [7, 11) is 0. The third-order valence-electron chi connectivity index (χ3n) is 2.98. The summed E-state index contributed by atoms with van der Waals surface area (Å²) < 4.78 is 23.8. The Morgan fingerprint density at radius 1 is 1.15 bits per heavy atom. The second-order valence-electron chi connectivity index (χ2n) is 4.99. The van der Waals surface area contributed by atoms with Crippen molar-refractivity contribution < 1.29 is 36.8 Å². The van der Waals surface area contributed by atoms with Gasteiger partial charge >= 0.3 is 94.4 Å². The van der Waals surface area contributed by atoms with Gasteiger partial charge in [-0.15, -0.1) is 0 Å². The zero-order chi connectivity index (χ0) is 19.7. The maximum Gasteiger partial charge on any atom is 0.335 e. The van der Waals surface area contributed by atoms with Gasteiger partial charge in [0.1, 0.15) is 0 Å². The number of hydrogen-bond acceptors (Lipinski definition) is 6. The number of amides is 1. The van der Waals surface area contributed by atoms with Crippen LogP contribution in [-0.2, 0) is 19.0 Å². The van der Waals surface area contributed by atoms with Gasteiger partial charge in [-0.1, -0.05) is 12.1 Å². The van der Waals surface area contributed by atoms with Crippen LogP contribution in [0.3, 0.4) is 0 Å². The minimum Gasteiger partial charge on any atom is -0.478 e. The fourth-order valence-electron chi connectivity index (χ4n) is 1.79. The molecule has 5 N–H and O–H groups in total. The molecule has 0 spiro atoms. The van der Waals surface area contributed by atoms with Crippen LogP contribution in [0.2, 0.25) is 0 Å². The number of aromatic carboxylic acids is 1. The minimum absolute atomic E-state index is 0.00438. The molecule has 2 aromatic carbocycles. The number of aliphatic hydroxyl groups excluding tert-OH is 1. The molecule has 2 rings (SSSR count). The van der Waals surface area contributed by atoms with E-state index in [1.165, 1.54) is 43.3 Å². The van der Waals surface area contributed by atoms with Gasteiger partial charge in [0.05, 0.1) is 12.2 Å². The van der Waals surface area contributed by atoms with Gasteiger partial charge < -0.3 is 10.2 Å². The molecular weight excluding hydrogens is 409 g/mol. The molecule has 0 heterocycles. The van der Waals surface area contributed by atoms with Crippen molar-refractivity contribution in [2.75, 3.05) is 5.32 Å². The van der Waals surface area contributed by atoms with Crippen molar-refractivity contribution in [2.24, 2.45) is 0 Å². The van der Waals surface area contributed by atoms with Crippen molar-refractivity contribution in [2.45, 2.75) is 13.5 Å². The molecule has 0 aromatic heterocycles. The Morgan fingerprint density at radius 2 is 1.77 bits per heavy atom. The van der Waals surface area contributed by atoms with Crippen molar-refractivity contribution in [3.05, 3.63) is 59.7 Å². The fourth-order valence-corrected chi connectivity index (χ4v) is 3.09. The predicted octanol–water partition coefficient (Wildman–Crippen LogP) is 0.580. The summed E-state index contributed by atoms with van der Waals surface area (Å²) in [6.07, 6.45) is 0. The summed E-state index contributed by atoms with van der Waals surface area (Å²) >= 11 is -4.76. The van der Waals surface area contributed by atoms with Gasteiger partial charge in [0.25, 0.3) is 0 Å². The third-order valence-corrected chi connectivity index (χ3v) is 5.44. The number of carbonyl (C=O) groups is 2. The summed E-state index contributed by atoms with van der Waals surface area (Å²) in [6, 6.07) is 11.7. The maximum atomic E-state index is 11.2. The normalized spacial score (nSPS) is 12.3. The first-order chi connectivity index (χ1) is 12.2. The van der Waals surface area contributed by atoms with E-state index in [4.69, 9.17) is 19.6 Å². The molecule has 1 amide bonds. The van der Waals surface area contributed by atoms with Gasteiger partial charge in [-0.05, 0) is 17.7 Å². The average Bonchev–Trinajstić information content (AvgIpc) is 2.62. The molecule has 2 aromatic rings. The molecule has 0 fully saturated rings. The Kier molecular flexibility index (Phi) is 8.24. The minimum atomic E-state index is -4.76. The van der Waals surface area contributed by atoms with E-state index in [0.29, 0.717) is 11.3 Å². The molecule has 1 atom stereocenters. The smallest absolute Gasteiger partial charge is 0.335 e. The van der Waals surface area contributed by atoms with Crippen molar-refractivity contribution in [3.63, 3.8) is 0 Å². The first-order valence-electron chi connectivity index (χ1n) is 7.17. The Balaban J connectivity index is 0.000000273. The fraction of sp³-hybridized carbons (Fsp3) is 0.125. The van der Waals surface area contributed by atoms with E-state index >= 15 is 0 Å². The van der Waals surface area contributed by atoms with E-state index in [1.54, 1.807) is 12.1 Å². The molecule has 0 aliphatic rings. The topological polar surface area (TPSA) is 153 Å². The number of anilines is 1. The van der Waals surface area contributed by atoms with Gasteiger partial charge in [-0.3, -0.25) is 0 Å². The van der Waals surface area contributed by atoms with E-state index in [9.17, 15) is 13.3 Å². The average molecular weight is 427 g/mol. The molecule has 0 aliphatic heterocycles. The van der Waals surface area contributed by atoms with Crippen molar-refractivity contribution in [1.82, 2.24) is 0 Å². The van der Waals surface area contributed by atoms with Crippen LogP contribution in [0.1, 0.15) is 22.8 Å². The molecule has 0 aliphatic carbocycles. The Hall–Kier alpha value is -2.42. The van der Waals surface area contributed by atoms with Crippen LogP contribution in [0.25, 0.3) is 0 Å². The first kappa shape index (κ1) is 21.6. The van der Waals surface area contributed by atoms with Gasteiger partial charge in [-0.25, -0.2) is 4.79 Å². The van der Waals surface area contributed by atoms with Crippen LogP contribution in [0.5, 0.6) is 0 Å². The molecule has 0 saturated carbocycles. The Morgan fingerprint density at radius 3 is 2.23 bits per heavy atom. The van der Waals surface area contributed by atoms with E-state index in [2.05, 4.69) is 9.19 Å². The number of carboxylic acids is 1. The molecule has 0 bridgehead atoms. The number of carbonyl (C=O) groups excluding carboxylic acids is 1. The van der Waals surface area contributed by atoms with Gasteiger partial charge in [0, 0.05) is 0 Å². The monoisotopic (exact) mass is 427 g/mol. The molecule has 1 unspecified atom stereocenters. The van der Waals surface area contributed by atoms with Crippen LogP contribution in [0, 0.1) is 0 Å². The van der Waals surface area contributed by atoms with Gasteiger partial charge in [-0.2, -0.15) is 0 Å². The summed E-state index contributed by atoms with van der Waals surface area (Å²) in [5.74, 6) is -1.21. The number of hydrogen-bond donors (Lipinski definition) is 5. The van der Waals surface area contributed by atoms with E-state index in [1.807, 2.05) is 0 Å². The quantitative estimate of drug-likeness (QED) is 0.264. The number of carboxylic acid groups (broad SMARTS) is 1. The van der Waals surface area contributed by atoms with Crippen LogP contribution < -0.4 is 9.67 Å². The summed E-state index contributed by atoms with van der Waals surface area (Å²) in [5, 5.41) is 27.9. The largest absolute Gasteiger partial charge is 0.478 e. The van der Waals surface area contributed by atoms with Crippen LogP contribution >= 0.6 is 0 Å². The maximum absolute atomic E-state index is 11.2. The number of rotatable bonds is 5. The van der Waals surface area contributed by atoms with Crippen molar-refractivity contribution >= 4 is 36.1 Å². The first-order valence-corrected chi connectivity index (χ1v) is 10.5. The molecule has 9 nitrogen and oxygen atoms in total. The van der Waals surface area contributed by atoms with Crippen LogP contribution in [-0.4, -0.2) is 45.6 Å². The predicted molar refractivity (Wildman–Crippen MR) is 92.1 cm³/mol. The van der Waals surface area contributed by atoms with Crippen LogP contribution in [0.4, 0.5) is 5.69 Å². The molecule has 140 valence electrons. The second-order valence-corrected chi connectivity index (χ2v) is 8.60. The molecule has 0 radical (unpaired) electrons. The molecule has 0 saturated heterocycles. The van der Waals surface area contributed by atoms with Crippen LogP contribution in [0.15, 0.2) is 48.5 Å². The number of aliphatic hydroxyl groups is 1. The van der Waals surface area contributed by atoms with E-state index < -0.39 is 20.1 Å². The summed E-state index contributed by atoms with van der Waals surface area (Å²) in [6.45, 7) is 1.23. The van der Waals surface area contributed by atoms with Crippen molar-refractivity contribution in [3.8, 4) is 0 Å². The van der Waals surface area contributed by atoms with Crippen molar-refractivity contribution in [1.29, 1.82) is 0 Å². The third kappa shape index (κ3) is 6.83. The number of benzene rings is 2. The standard InChI is InChI=1S/C8H10AsNO5.C8H8O3/c1-6(11)10-8-4-2-7(3-5-8)9(12,13)15-14;9-5-6-2-1-3-7(4-6)8(10)11/h2-5,14H,1H3,(H,10,11)(H,12,13);1-4,9H,5H2,(H,10,11). The Bertz CT molecular complexity index is 806. The molecule has 26 heavy (non-hydrogen) atoms. The SMILES string of the molecule is CC(=O)Nc1ccc([As](=O)(O)OO)cc1.O=C(O)c1cccc(CO)c1.